The molecule has 0 bridgehead atoms. The second-order valence-corrected chi connectivity index (χ2v) is 7.47. The Bertz CT molecular complexity index is 480. The van der Waals surface area contributed by atoms with Gasteiger partial charge in [-0.1, -0.05) is 15.9 Å². The molecule has 0 amide bonds. The minimum atomic E-state index is -0.813. The summed E-state index contributed by atoms with van der Waals surface area (Å²) in [4.78, 5) is 0. The van der Waals surface area contributed by atoms with Crippen molar-refractivity contribution in [1.29, 1.82) is 5.26 Å². The van der Waals surface area contributed by atoms with Crippen LogP contribution in [0, 0.1) is 17.1 Å². The lowest BCUT2D eigenvalue weighted by Crippen LogP contribution is -2.38. The third-order valence-corrected chi connectivity index (χ3v) is 4.60. The number of benzene rings is 1. The van der Waals surface area contributed by atoms with Gasteiger partial charge in [-0.3, -0.25) is 0 Å². The monoisotopic (exact) mass is 330 g/mol. The quantitative estimate of drug-likeness (QED) is 0.913. The zero-order valence-corrected chi connectivity index (χ0v) is 13.0. The molecular weight excluding hydrogens is 315 g/mol. The van der Waals surface area contributed by atoms with Crippen molar-refractivity contribution >= 4 is 27.7 Å². The molecule has 2 nitrogen and oxygen atoms in total. The minimum absolute atomic E-state index is 0.321. The van der Waals surface area contributed by atoms with Crippen molar-refractivity contribution in [3.05, 3.63) is 34.1 Å². The first-order valence-electron chi connectivity index (χ1n) is 5.47. The second-order valence-electron chi connectivity index (χ2n) is 4.95. The highest BCUT2D eigenvalue weighted by molar-refractivity contribution is 9.10. The largest absolute Gasteiger partial charge is 0.321 e. The van der Waals surface area contributed by atoms with Crippen LogP contribution in [0.1, 0.15) is 26.3 Å². The molecule has 0 spiro atoms. The lowest BCUT2D eigenvalue weighted by atomic mass is 9.95. The molecule has 98 valence electrons. The first kappa shape index (κ1) is 15.5. The van der Waals surface area contributed by atoms with Gasteiger partial charge in [-0.15, -0.1) is 11.8 Å². The molecule has 1 atom stereocenters. The maximum atomic E-state index is 13.8. The zero-order chi connectivity index (χ0) is 14.0. The van der Waals surface area contributed by atoms with Gasteiger partial charge in [0.15, 0.2) is 0 Å². The van der Waals surface area contributed by atoms with E-state index in [1.165, 1.54) is 17.8 Å². The summed E-state index contributed by atoms with van der Waals surface area (Å²) in [5, 5.41) is 8.97. The van der Waals surface area contributed by atoms with Crippen LogP contribution in [0.4, 0.5) is 4.39 Å². The van der Waals surface area contributed by atoms with Gasteiger partial charge in [-0.25, -0.2) is 4.39 Å². The summed E-state index contributed by atoms with van der Waals surface area (Å²) in [6, 6.07) is 6.92. The molecule has 5 heteroatoms. The molecule has 0 aliphatic heterocycles. The van der Waals surface area contributed by atoms with Crippen LogP contribution in [-0.4, -0.2) is 10.5 Å². The van der Waals surface area contributed by atoms with E-state index in [1.54, 1.807) is 19.1 Å². The molecule has 0 saturated carbocycles. The molecule has 0 radical (unpaired) electrons. The number of halogens is 2. The Morgan fingerprint density at radius 1 is 1.44 bits per heavy atom. The first-order chi connectivity index (χ1) is 8.18. The lowest BCUT2D eigenvalue weighted by molar-refractivity contribution is 0.507. The van der Waals surface area contributed by atoms with Crippen LogP contribution >= 0.6 is 27.7 Å². The van der Waals surface area contributed by atoms with Gasteiger partial charge >= 0.3 is 0 Å². The predicted octanol–water partition coefficient (Wildman–Crippen LogP) is 3.80. The molecule has 2 N–H and O–H groups in total. The van der Waals surface area contributed by atoms with E-state index in [0.717, 1.165) is 4.47 Å². The van der Waals surface area contributed by atoms with E-state index >= 15 is 0 Å². The number of nitrogens with two attached hydrogens (primary N) is 1. The van der Waals surface area contributed by atoms with E-state index in [9.17, 15) is 4.39 Å². The Morgan fingerprint density at radius 3 is 2.61 bits per heavy atom. The molecule has 1 aromatic carbocycles. The second kappa shape index (κ2) is 5.60. The average Bonchev–Trinajstić information content (AvgIpc) is 2.30. The zero-order valence-electron chi connectivity index (χ0n) is 10.6. The van der Waals surface area contributed by atoms with Gasteiger partial charge in [0.1, 0.15) is 5.82 Å². The fourth-order valence-electron chi connectivity index (χ4n) is 1.38. The molecule has 0 aliphatic carbocycles. The SMILES string of the molecule is CC(C)(C#N)SC[C@](C)(N)c1cc(Br)ccc1F. The Morgan fingerprint density at radius 2 is 2.06 bits per heavy atom. The van der Waals surface area contributed by atoms with Crippen molar-refractivity contribution in [3.8, 4) is 6.07 Å². The molecule has 0 fully saturated rings. The molecular formula is C13H16BrFN2S. The number of nitrogens with zero attached hydrogens (tertiary/aromatic N) is 1. The topological polar surface area (TPSA) is 49.8 Å². The minimum Gasteiger partial charge on any atom is -0.321 e. The Hall–Kier alpha value is -0.570. The van der Waals surface area contributed by atoms with Crippen molar-refractivity contribution < 1.29 is 4.39 Å². The molecule has 0 aliphatic rings. The average molecular weight is 331 g/mol. The standard InChI is InChI=1S/C13H16BrFN2S/c1-12(2,7-16)18-8-13(3,17)10-6-9(14)4-5-11(10)15/h4-6H,8,17H2,1-3H3/t13-/m0/s1. The highest BCUT2D eigenvalue weighted by Gasteiger charge is 2.29. The van der Waals surface area contributed by atoms with Crippen LogP contribution < -0.4 is 5.73 Å². The number of hydrogen-bond acceptors (Lipinski definition) is 3. The summed E-state index contributed by atoms with van der Waals surface area (Å²) < 4.78 is 14.1. The van der Waals surface area contributed by atoms with E-state index < -0.39 is 10.3 Å². The van der Waals surface area contributed by atoms with Gasteiger partial charge in [0.25, 0.3) is 0 Å². The molecule has 0 aromatic heterocycles. The fraction of sp³-hybridized carbons (Fsp3) is 0.462. The highest BCUT2D eigenvalue weighted by Crippen LogP contribution is 2.32. The first-order valence-corrected chi connectivity index (χ1v) is 7.25. The molecule has 0 heterocycles. The van der Waals surface area contributed by atoms with E-state index in [0.29, 0.717) is 11.3 Å². The normalized spacial score (nSPS) is 14.9. The van der Waals surface area contributed by atoms with Crippen molar-refractivity contribution in [3.63, 3.8) is 0 Å². The van der Waals surface area contributed by atoms with Gasteiger partial charge < -0.3 is 5.73 Å². The summed E-state index contributed by atoms with van der Waals surface area (Å²) in [7, 11) is 0. The molecule has 1 rings (SSSR count). The molecule has 1 aromatic rings. The van der Waals surface area contributed by atoms with Crippen molar-refractivity contribution in [2.75, 3.05) is 5.75 Å². The van der Waals surface area contributed by atoms with Crippen LogP contribution in [0.3, 0.4) is 0 Å². The maximum Gasteiger partial charge on any atom is 0.128 e. The van der Waals surface area contributed by atoms with Crippen LogP contribution in [0.5, 0.6) is 0 Å². The van der Waals surface area contributed by atoms with Gasteiger partial charge in [-0.2, -0.15) is 5.26 Å². The van der Waals surface area contributed by atoms with Crippen molar-refractivity contribution in [2.45, 2.75) is 31.1 Å². The Balaban J connectivity index is 2.93. The molecule has 0 unspecified atom stereocenters. The number of thioether (sulfide) groups is 1. The third-order valence-electron chi connectivity index (χ3n) is 2.55. The van der Waals surface area contributed by atoms with Gasteiger partial charge in [0, 0.05) is 15.8 Å². The maximum absolute atomic E-state index is 13.8. The van der Waals surface area contributed by atoms with E-state index in [1.807, 2.05) is 13.8 Å². The van der Waals surface area contributed by atoms with Gasteiger partial charge in [0.05, 0.1) is 16.4 Å². The van der Waals surface area contributed by atoms with Crippen LogP contribution in [0.15, 0.2) is 22.7 Å². The molecule has 18 heavy (non-hydrogen) atoms. The van der Waals surface area contributed by atoms with Crippen LogP contribution in [0.2, 0.25) is 0 Å². The van der Waals surface area contributed by atoms with Crippen molar-refractivity contribution in [1.82, 2.24) is 0 Å². The Labute approximate surface area is 120 Å². The van der Waals surface area contributed by atoms with E-state index in [2.05, 4.69) is 22.0 Å². The molecule has 0 saturated heterocycles. The number of nitriles is 1. The smallest absolute Gasteiger partial charge is 0.128 e. The summed E-state index contributed by atoms with van der Waals surface area (Å²) >= 11 is 4.74. The van der Waals surface area contributed by atoms with Crippen molar-refractivity contribution in [2.24, 2.45) is 5.73 Å². The lowest BCUT2D eigenvalue weighted by Gasteiger charge is -2.28. The van der Waals surface area contributed by atoms with Crippen LogP contribution in [0.25, 0.3) is 0 Å². The van der Waals surface area contributed by atoms with Gasteiger partial charge in [0.2, 0.25) is 0 Å². The number of rotatable bonds is 4. The summed E-state index contributed by atoms with van der Waals surface area (Å²) in [5.74, 6) is 0.152. The summed E-state index contributed by atoms with van der Waals surface area (Å²) in [6.45, 7) is 5.42. The highest BCUT2D eigenvalue weighted by atomic mass is 79.9. The van der Waals surface area contributed by atoms with E-state index in [-0.39, 0.29) is 5.82 Å². The van der Waals surface area contributed by atoms with E-state index in [4.69, 9.17) is 11.0 Å². The Kier molecular flexibility index (Phi) is 4.82. The fourth-order valence-corrected chi connectivity index (χ4v) is 2.62. The summed E-state index contributed by atoms with van der Waals surface area (Å²) in [6.07, 6.45) is 0. The predicted molar refractivity (Wildman–Crippen MR) is 77.8 cm³/mol. The summed E-state index contributed by atoms with van der Waals surface area (Å²) in [5.41, 5.74) is 5.82. The third kappa shape index (κ3) is 3.98. The number of hydrogen-bond donors (Lipinski definition) is 1. The van der Waals surface area contributed by atoms with Crippen LogP contribution in [-0.2, 0) is 5.54 Å². The van der Waals surface area contributed by atoms with Gasteiger partial charge in [-0.05, 0) is 39.0 Å².